The largest absolute Gasteiger partial charge is 0.481 e. The first kappa shape index (κ1) is 15.1. The summed E-state index contributed by atoms with van der Waals surface area (Å²) in [6.45, 7) is 6.72. The van der Waals surface area contributed by atoms with Gasteiger partial charge in [0.15, 0.2) is 0 Å². The summed E-state index contributed by atoms with van der Waals surface area (Å²) in [6, 6.07) is 0. The van der Waals surface area contributed by atoms with Crippen molar-refractivity contribution in [1.29, 1.82) is 0 Å². The number of nitrogens with zero attached hydrogens (tertiary/aromatic N) is 1. The van der Waals surface area contributed by atoms with Crippen LogP contribution in [0.5, 0.6) is 0 Å². The van der Waals surface area contributed by atoms with Crippen molar-refractivity contribution in [3.05, 3.63) is 0 Å². The second-order valence-corrected chi connectivity index (χ2v) is 7.03. The van der Waals surface area contributed by atoms with Crippen LogP contribution in [0.4, 0.5) is 4.79 Å². The Morgan fingerprint density at radius 2 is 1.85 bits per heavy atom. The normalized spacial score (nSPS) is 25.1. The van der Waals surface area contributed by atoms with Gasteiger partial charge in [0.05, 0.1) is 5.92 Å². The summed E-state index contributed by atoms with van der Waals surface area (Å²) in [5, 5.41) is 9.41. The average Bonchev–Trinajstić information content (AvgIpc) is 3.11. The number of amides is 1. The van der Waals surface area contributed by atoms with Crippen LogP contribution in [0.15, 0.2) is 0 Å². The van der Waals surface area contributed by atoms with Crippen molar-refractivity contribution in [1.82, 2.24) is 4.90 Å². The van der Waals surface area contributed by atoms with Gasteiger partial charge in [-0.1, -0.05) is 0 Å². The molecule has 0 spiro atoms. The molecule has 1 aliphatic carbocycles. The number of carboxylic acid groups (broad SMARTS) is 1. The van der Waals surface area contributed by atoms with E-state index in [-0.39, 0.29) is 17.9 Å². The molecule has 1 heterocycles. The van der Waals surface area contributed by atoms with Crippen LogP contribution in [-0.4, -0.2) is 40.8 Å². The van der Waals surface area contributed by atoms with Crippen LogP contribution >= 0.6 is 0 Å². The van der Waals surface area contributed by atoms with Crippen molar-refractivity contribution in [2.45, 2.75) is 52.1 Å². The van der Waals surface area contributed by atoms with Gasteiger partial charge in [-0.15, -0.1) is 0 Å². The Morgan fingerprint density at radius 3 is 2.35 bits per heavy atom. The van der Waals surface area contributed by atoms with Gasteiger partial charge in [-0.2, -0.15) is 0 Å². The zero-order valence-corrected chi connectivity index (χ0v) is 12.6. The average molecular weight is 283 g/mol. The number of hydrogen-bond donors (Lipinski definition) is 1. The minimum Gasteiger partial charge on any atom is -0.481 e. The van der Waals surface area contributed by atoms with Crippen LogP contribution in [0.2, 0.25) is 0 Å². The highest BCUT2D eigenvalue weighted by Crippen LogP contribution is 2.43. The molecule has 5 nitrogen and oxygen atoms in total. The SMILES string of the molecule is CC(C)(C)OC(=O)N1CCCC(C(C(=O)O)C2CC2)C1. The zero-order valence-electron chi connectivity index (χ0n) is 12.6. The molecule has 0 radical (unpaired) electrons. The maximum absolute atomic E-state index is 12.1. The summed E-state index contributed by atoms with van der Waals surface area (Å²) in [5.41, 5.74) is -0.507. The third-order valence-electron chi connectivity index (χ3n) is 4.03. The molecule has 1 aliphatic heterocycles. The molecule has 2 unspecified atom stereocenters. The van der Waals surface area contributed by atoms with Gasteiger partial charge in [-0.25, -0.2) is 4.79 Å². The minimum atomic E-state index is -0.705. The summed E-state index contributed by atoms with van der Waals surface area (Å²) >= 11 is 0. The Hall–Kier alpha value is -1.26. The second-order valence-electron chi connectivity index (χ2n) is 7.03. The fourth-order valence-electron chi connectivity index (χ4n) is 3.04. The van der Waals surface area contributed by atoms with Crippen LogP contribution in [0.25, 0.3) is 0 Å². The topological polar surface area (TPSA) is 66.8 Å². The third-order valence-corrected chi connectivity index (χ3v) is 4.03. The van der Waals surface area contributed by atoms with E-state index in [1.807, 2.05) is 20.8 Å². The summed E-state index contributed by atoms with van der Waals surface area (Å²) in [6.07, 6.45) is 3.47. The van der Waals surface area contributed by atoms with Crippen molar-refractivity contribution >= 4 is 12.1 Å². The number of aliphatic carboxylic acids is 1. The number of piperidine rings is 1. The lowest BCUT2D eigenvalue weighted by atomic mass is 9.82. The van der Waals surface area contributed by atoms with E-state index < -0.39 is 11.6 Å². The zero-order chi connectivity index (χ0) is 14.9. The number of carboxylic acids is 1. The smallest absolute Gasteiger partial charge is 0.410 e. The van der Waals surface area contributed by atoms with E-state index in [0.717, 1.165) is 25.7 Å². The van der Waals surface area contributed by atoms with Gasteiger partial charge in [-0.3, -0.25) is 4.79 Å². The Labute approximate surface area is 120 Å². The molecule has 0 aromatic carbocycles. The van der Waals surface area contributed by atoms with Gasteiger partial charge < -0.3 is 14.7 Å². The van der Waals surface area contributed by atoms with E-state index in [1.165, 1.54) is 0 Å². The fraction of sp³-hybridized carbons (Fsp3) is 0.867. The molecule has 1 amide bonds. The first-order valence-electron chi connectivity index (χ1n) is 7.48. The molecule has 114 valence electrons. The molecular formula is C15H25NO4. The fourth-order valence-corrected chi connectivity index (χ4v) is 3.04. The minimum absolute atomic E-state index is 0.0706. The lowest BCUT2D eigenvalue weighted by Gasteiger charge is -2.36. The molecule has 0 bridgehead atoms. The Kier molecular flexibility index (Phi) is 4.25. The standard InChI is InChI=1S/C15H25NO4/c1-15(2,3)20-14(19)16-8-4-5-11(9-16)12(13(17)18)10-6-7-10/h10-12H,4-9H2,1-3H3,(H,17,18). The summed E-state index contributed by atoms with van der Waals surface area (Å²) < 4.78 is 5.38. The number of ether oxygens (including phenoxy) is 1. The van der Waals surface area contributed by atoms with Gasteiger partial charge in [-0.05, 0) is 58.3 Å². The number of hydrogen-bond acceptors (Lipinski definition) is 3. The maximum atomic E-state index is 12.1. The number of carbonyl (C=O) groups is 2. The molecule has 1 saturated heterocycles. The van der Waals surface area contributed by atoms with Crippen molar-refractivity contribution in [2.24, 2.45) is 17.8 Å². The maximum Gasteiger partial charge on any atom is 0.410 e. The molecular weight excluding hydrogens is 258 g/mol. The number of rotatable bonds is 3. The van der Waals surface area contributed by atoms with E-state index in [4.69, 9.17) is 4.74 Å². The highest BCUT2D eigenvalue weighted by atomic mass is 16.6. The van der Waals surface area contributed by atoms with Crippen LogP contribution in [-0.2, 0) is 9.53 Å². The Balaban J connectivity index is 1.97. The summed E-state index contributed by atoms with van der Waals surface area (Å²) in [4.78, 5) is 25.2. The van der Waals surface area contributed by atoms with Gasteiger partial charge in [0.25, 0.3) is 0 Å². The van der Waals surface area contributed by atoms with Crippen LogP contribution in [0.1, 0.15) is 46.5 Å². The Bertz CT molecular complexity index is 384. The van der Waals surface area contributed by atoms with Crippen LogP contribution < -0.4 is 0 Å². The number of carbonyl (C=O) groups excluding carboxylic acids is 1. The first-order chi connectivity index (χ1) is 9.28. The van der Waals surface area contributed by atoms with Gasteiger partial charge in [0, 0.05) is 13.1 Å². The first-order valence-corrected chi connectivity index (χ1v) is 7.48. The molecule has 1 N–H and O–H groups in total. The molecule has 2 atom stereocenters. The van der Waals surface area contributed by atoms with Gasteiger partial charge in [0.2, 0.25) is 0 Å². The second kappa shape index (κ2) is 5.62. The lowest BCUT2D eigenvalue weighted by molar-refractivity contribution is -0.145. The molecule has 2 fully saturated rings. The van der Waals surface area contributed by atoms with Gasteiger partial charge in [0.1, 0.15) is 5.60 Å². The monoisotopic (exact) mass is 283 g/mol. The van der Waals surface area contributed by atoms with Crippen molar-refractivity contribution in [3.63, 3.8) is 0 Å². The lowest BCUT2D eigenvalue weighted by Crippen LogP contribution is -2.46. The molecule has 2 aliphatic rings. The summed E-state index contributed by atoms with van der Waals surface area (Å²) in [5.74, 6) is -0.610. The predicted molar refractivity (Wildman–Crippen MR) is 74.4 cm³/mol. The quantitative estimate of drug-likeness (QED) is 0.864. The number of likely N-dealkylation sites (tertiary alicyclic amines) is 1. The van der Waals surface area contributed by atoms with Gasteiger partial charge >= 0.3 is 12.1 Å². The van der Waals surface area contributed by atoms with E-state index >= 15 is 0 Å². The molecule has 0 aromatic heterocycles. The summed E-state index contributed by atoms with van der Waals surface area (Å²) in [7, 11) is 0. The van der Waals surface area contributed by atoms with Crippen LogP contribution in [0, 0.1) is 17.8 Å². The highest BCUT2D eigenvalue weighted by molar-refractivity contribution is 5.72. The van der Waals surface area contributed by atoms with Crippen molar-refractivity contribution in [3.8, 4) is 0 Å². The van der Waals surface area contributed by atoms with E-state index in [9.17, 15) is 14.7 Å². The molecule has 20 heavy (non-hydrogen) atoms. The highest BCUT2D eigenvalue weighted by Gasteiger charge is 2.43. The van der Waals surface area contributed by atoms with Crippen LogP contribution in [0.3, 0.4) is 0 Å². The molecule has 2 rings (SSSR count). The molecule has 1 saturated carbocycles. The van der Waals surface area contributed by atoms with E-state index in [1.54, 1.807) is 4.90 Å². The molecule has 5 heteroatoms. The predicted octanol–water partition coefficient (Wildman–Crippen LogP) is 2.74. The Morgan fingerprint density at radius 1 is 1.20 bits per heavy atom. The van der Waals surface area contributed by atoms with E-state index in [0.29, 0.717) is 19.0 Å². The van der Waals surface area contributed by atoms with Crippen molar-refractivity contribution < 1.29 is 19.4 Å². The molecule has 0 aromatic rings. The van der Waals surface area contributed by atoms with E-state index in [2.05, 4.69) is 0 Å². The van der Waals surface area contributed by atoms with Crippen molar-refractivity contribution in [2.75, 3.05) is 13.1 Å². The third kappa shape index (κ3) is 3.87.